The van der Waals surface area contributed by atoms with Crippen molar-refractivity contribution in [2.75, 3.05) is 19.8 Å². The number of nitrogens with two attached hydrogens (primary N) is 1. The highest BCUT2D eigenvalue weighted by atomic mass is 32.2. The number of aryl methyl sites for hydroxylation is 1. The van der Waals surface area contributed by atoms with Crippen molar-refractivity contribution in [3.8, 4) is 0 Å². The van der Waals surface area contributed by atoms with E-state index in [0.717, 1.165) is 4.68 Å². The number of aliphatic hydroxyl groups excluding tert-OH is 1. The summed E-state index contributed by atoms with van der Waals surface area (Å²) in [5, 5.41) is 17.0. The molecule has 9 nitrogen and oxygen atoms in total. The molecule has 1 aromatic heterocycles. The number of aromatic nitrogens is 2. The van der Waals surface area contributed by atoms with E-state index < -0.39 is 15.9 Å². The molecule has 3 N–H and O–H groups in total. The van der Waals surface area contributed by atoms with Gasteiger partial charge in [0.05, 0.1) is 13.2 Å². The minimum absolute atomic E-state index is 0.0263. The van der Waals surface area contributed by atoms with Crippen LogP contribution in [0.2, 0.25) is 0 Å². The number of hydrogen-bond donors (Lipinski definition) is 2. The molecule has 0 radical (unpaired) electrons. The van der Waals surface area contributed by atoms with Gasteiger partial charge in [-0.2, -0.15) is 4.99 Å². The molecule has 1 rings (SSSR count). The third-order valence-electron chi connectivity index (χ3n) is 1.61. The van der Waals surface area contributed by atoms with Gasteiger partial charge in [0.15, 0.2) is 0 Å². The zero-order valence-corrected chi connectivity index (χ0v) is 11.1. The van der Waals surface area contributed by atoms with Crippen molar-refractivity contribution in [2.24, 2.45) is 17.2 Å². The monoisotopic (exact) mass is 296 g/mol. The summed E-state index contributed by atoms with van der Waals surface area (Å²) in [5.41, 5.74) is 0. The maximum absolute atomic E-state index is 11.3. The van der Waals surface area contributed by atoms with E-state index in [1.165, 1.54) is 7.05 Å². The lowest BCUT2D eigenvalue weighted by molar-refractivity contribution is -0.122. The van der Waals surface area contributed by atoms with Crippen LogP contribution in [0.3, 0.4) is 0 Å². The Hall–Kier alpha value is -1.14. The fourth-order valence-corrected chi connectivity index (χ4v) is 2.47. The van der Waals surface area contributed by atoms with Crippen LogP contribution in [0.25, 0.3) is 0 Å². The molecular formula is C7H12N4O5S2. The molecule has 1 aromatic rings. The second-order valence-corrected chi connectivity index (χ2v) is 5.79. The van der Waals surface area contributed by atoms with Crippen LogP contribution < -0.4 is 9.94 Å². The Balaban J connectivity index is 2.90. The molecule has 18 heavy (non-hydrogen) atoms. The second kappa shape index (κ2) is 6.15. The molecule has 0 atom stereocenters. The van der Waals surface area contributed by atoms with Crippen molar-refractivity contribution >= 4 is 27.3 Å². The lowest BCUT2D eigenvalue weighted by atomic mass is 10.6. The van der Waals surface area contributed by atoms with Crippen LogP contribution in [0.1, 0.15) is 0 Å². The van der Waals surface area contributed by atoms with Gasteiger partial charge in [-0.15, -0.1) is 5.10 Å². The van der Waals surface area contributed by atoms with Gasteiger partial charge in [0.25, 0.3) is 15.9 Å². The van der Waals surface area contributed by atoms with Crippen LogP contribution in [0.15, 0.2) is 9.33 Å². The van der Waals surface area contributed by atoms with Crippen molar-refractivity contribution in [3.05, 3.63) is 4.80 Å². The summed E-state index contributed by atoms with van der Waals surface area (Å²) in [6, 6.07) is 0. The Labute approximate surface area is 107 Å². The summed E-state index contributed by atoms with van der Waals surface area (Å²) in [7, 11) is -2.47. The molecule has 0 saturated carbocycles. The Morgan fingerprint density at radius 3 is 2.83 bits per heavy atom. The van der Waals surface area contributed by atoms with Gasteiger partial charge >= 0.3 is 0 Å². The van der Waals surface area contributed by atoms with E-state index in [0.29, 0.717) is 11.3 Å². The second-order valence-electron chi connectivity index (χ2n) is 3.10. The van der Waals surface area contributed by atoms with Gasteiger partial charge in [-0.3, -0.25) is 4.79 Å². The van der Waals surface area contributed by atoms with Gasteiger partial charge in [0.2, 0.25) is 9.14 Å². The number of rotatable bonds is 5. The molecule has 0 fully saturated rings. The lowest BCUT2D eigenvalue weighted by Gasteiger charge is -1.96. The standard InChI is InChI=1S/C7H12N4O5S2/c1-11-6(9-5(13)4-16-3-2-12)17-7(10-11)18(8,14)15/h12H,2-4H2,1H3,(H2,8,14,15). The number of primary sulfonamides is 1. The number of ether oxygens (including phenoxy) is 1. The Morgan fingerprint density at radius 1 is 1.67 bits per heavy atom. The minimum atomic E-state index is -3.91. The number of carbonyl (C=O) groups excluding carboxylic acids is 1. The molecule has 102 valence electrons. The minimum Gasteiger partial charge on any atom is -0.394 e. The summed E-state index contributed by atoms with van der Waals surface area (Å²) in [6.45, 7) is -0.473. The highest BCUT2D eigenvalue weighted by Gasteiger charge is 2.14. The summed E-state index contributed by atoms with van der Waals surface area (Å²) in [6.07, 6.45) is 0. The first-order valence-corrected chi connectivity index (χ1v) is 7.04. The zero-order chi connectivity index (χ0) is 13.8. The lowest BCUT2D eigenvalue weighted by Crippen LogP contribution is -2.17. The van der Waals surface area contributed by atoms with Gasteiger partial charge < -0.3 is 9.84 Å². The normalized spacial score (nSPS) is 12.9. The smallest absolute Gasteiger partial charge is 0.274 e. The predicted octanol–water partition coefficient (Wildman–Crippen LogP) is -2.43. The molecular weight excluding hydrogens is 284 g/mol. The Bertz CT molecular complexity index is 587. The number of aliphatic hydroxyl groups is 1. The van der Waals surface area contributed by atoms with Crippen LogP contribution in [0, 0.1) is 0 Å². The Morgan fingerprint density at radius 2 is 2.33 bits per heavy atom. The molecule has 0 spiro atoms. The van der Waals surface area contributed by atoms with Crippen molar-refractivity contribution < 1.29 is 23.1 Å². The van der Waals surface area contributed by atoms with Gasteiger partial charge in [0, 0.05) is 7.05 Å². The molecule has 0 aliphatic carbocycles. The van der Waals surface area contributed by atoms with E-state index >= 15 is 0 Å². The van der Waals surface area contributed by atoms with E-state index in [1.807, 2.05) is 0 Å². The third-order valence-corrected chi connectivity index (χ3v) is 3.92. The number of hydrogen-bond acceptors (Lipinski definition) is 7. The molecule has 0 unspecified atom stereocenters. The van der Waals surface area contributed by atoms with Crippen LogP contribution in [0.5, 0.6) is 0 Å². The van der Waals surface area contributed by atoms with E-state index in [4.69, 9.17) is 15.0 Å². The van der Waals surface area contributed by atoms with Gasteiger partial charge in [-0.1, -0.05) is 11.3 Å². The topological polar surface area (TPSA) is 137 Å². The number of sulfonamides is 1. The van der Waals surface area contributed by atoms with Crippen LogP contribution in [-0.4, -0.2) is 49.0 Å². The number of amides is 1. The van der Waals surface area contributed by atoms with Crippen molar-refractivity contribution in [1.82, 2.24) is 9.78 Å². The average Bonchev–Trinajstić information content (AvgIpc) is 2.60. The molecule has 0 saturated heterocycles. The summed E-state index contributed by atoms with van der Waals surface area (Å²) in [5.74, 6) is -0.608. The Kier molecular flexibility index (Phi) is 5.10. The highest BCUT2D eigenvalue weighted by molar-refractivity contribution is 7.91. The largest absolute Gasteiger partial charge is 0.394 e. The molecule has 1 amide bonds. The molecule has 0 bridgehead atoms. The molecule has 0 aromatic carbocycles. The number of nitrogens with zero attached hydrogens (tertiary/aromatic N) is 3. The van der Waals surface area contributed by atoms with E-state index in [1.54, 1.807) is 0 Å². The first-order valence-electron chi connectivity index (χ1n) is 4.67. The van der Waals surface area contributed by atoms with Crippen LogP contribution in [0.4, 0.5) is 0 Å². The number of carbonyl (C=O) groups is 1. The maximum Gasteiger partial charge on any atom is 0.274 e. The van der Waals surface area contributed by atoms with E-state index in [-0.39, 0.29) is 29.0 Å². The third kappa shape index (κ3) is 4.27. The summed E-state index contributed by atoms with van der Waals surface area (Å²) in [4.78, 5) is 15.0. The summed E-state index contributed by atoms with van der Waals surface area (Å²) >= 11 is 0.680. The predicted molar refractivity (Wildman–Crippen MR) is 60.9 cm³/mol. The van der Waals surface area contributed by atoms with Crippen LogP contribution in [-0.2, 0) is 26.6 Å². The van der Waals surface area contributed by atoms with Crippen molar-refractivity contribution in [1.29, 1.82) is 0 Å². The zero-order valence-electron chi connectivity index (χ0n) is 9.44. The van der Waals surface area contributed by atoms with Gasteiger partial charge in [-0.25, -0.2) is 18.2 Å². The SMILES string of the molecule is Cn1nc(S(N)(=O)=O)sc1=NC(=O)COCCO. The fourth-order valence-electron chi connectivity index (χ4n) is 0.903. The fraction of sp³-hybridized carbons (Fsp3) is 0.571. The molecule has 0 aliphatic rings. The van der Waals surface area contributed by atoms with Gasteiger partial charge in [0.1, 0.15) is 6.61 Å². The summed E-state index contributed by atoms with van der Waals surface area (Å²) < 4.78 is 27.6. The van der Waals surface area contributed by atoms with E-state index in [9.17, 15) is 13.2 Å². The highest BCUT2D eigenvalue weighted by Crippen LogP contribution is 2.04. The van der Waals surface area contributed by atoms with Crippen molar-refractivity contribution in [2.45, 2.75) is 4.34 Å². The average molecular weight is 296 g/mol. The maximum atomic E-state index is 11.3. The van der Waals surface area contributed by atoms with Crippen LogP contribution >= 0.6 is 11.3 Å². The van der Waals surface area contributed by atoms with E-state index in [2.05, 4.69) is 10.1 Å². The van der Waals surface area contributed by atoms with Crippen molar-refractivity contribution in [3.63, 3.8) is 0 Å². The van der Waals surface area contributed by atoms with Gasteiger partial charge in [-0.05, 0) is 0 Å². The first-order chi connectivity index (χ1) is 8.34. The quantitative estimate of drug-likeness (QED) is 0.579. The molecule has 1 heterocycles. The first kappa shape index (κ1) is 14.9. The molecule has 0 aliphatic heterocycles. The molecule has 11 heteroatoms.